The summed E-state index contributed by atoms with van der Waals surface area (Å²) in [5, 5.41) is 5.34. The zero-order valence-electron chi connectivity index (χ0n) is 10.00. The minimum atomic E-state index is -0.105. The predicted molar refractivity (Wildman–Crippen MR) is 70.6 cm³/mol. The van der Waals surface area contributed by atoms with Gasteiger partial charge in [0.1, 0.15) is 0 Å². The lowest BCUT2D eigenvalue weighted by molar-refractivity contribution is 0.0946. The second kappa shape index (κ2) is 4.11. The van der Waals surface area contributed by atoms with Gasteiger partial charge in [0.15, 0.2) is 0 Å². The molecule has 0 aliphatic heterocycles. The van der Waals surface area contributed by atoms with E-state index < -0.39 is 0 Å². The van der Waals surface area contributed by atoms with Crippen molar-refractivity contribution in [2.24, 2.45) is 0 Å². The average Bonchev–Trinajstić information content (AvgIpc) is 2.84. The molecule has 88 valence electrons. The summed E-state index contributed by atoms with van der Waals surface area (Å²) in [6, 6.07) is 15.1. The van der Waals surface area contributed by atoms with Gasteiger partial charge in [0, 0.05) is 17.1 Å². The molecule has 0 aliphatic rings. The zero-order chi connectivity index (χ0) is 12.5. The molecule has 0 saturated carbocycles. The standard InChI is InChI=1S/C15H12N2O/c1-11-6-5-9-13-10-17(16-14(11)13)15(18)12-7-3-2-4-8-12/h2-10H,1H3. The smallest absolute Gasteiger partial charge is 0.267 e. The van der Waals surface area contributed by atoms with E-state index >= 15 is 0 Å². The minimum Gasteiger partial charge on any atom is -0.267 e. The molecule has 18 heavy (non-hydrogen) atoms. The number of aromatic nitrogens is 2. The number of hydrogen-bond acceptors (Lipinski definition) is 2. The Balaban J connectivity index is 2.10. The number of carbonyl (C=O) groups is 1. The van der Waals surface area contributed by atoms with E-state index in [2.05, 4.69) is 5.10 Å². The number of benzene rings is 2. The highest BCUT2D eigenvalue weighted by Crippen LogP contribution is 2.16. The van der Waals surface area contributed by atoms with Gasteiger partial charge in [-0.1, -0.05) is 36.4 Å². The van der Waals surface area contributed by atoms with E-state index in [0.717, 1.165) is 16.5 Å². The van der Waals surface area contributed by atoms with Crippen LogP contribution in [0.15, 0.2) is 54.7 Å². The molecule has 0 radical (unpaired) electrons. The largest absolute Gasteiger partial charge is 0.278 e. The SMILES string of the molecule is Cc1cccc2cn(C(=O)c3ccccc3)nc12. The summed E-state index contributed by atoms with van der Waals surface area (Å²) in [6.45, 7) is 1.99. The quantitative estimate of drug-likeness (QED) is 0.651. The Labute approximate surface area is 105 Å². The summed E-state index contributed by atoms with van der Waals surface area (Å²) in [5.74, 6) is -0.105. The first-order valence-corrected chi connectivity index (χ1v) is 5.80. The Morgan fingerprint density at radius 2 is 1.83 bits per heavy atom. The lowest BCUT2D eigenvalue weighted by Crippen LogP contribution is -2.12. The van der Waals surface area contributed by atoms with Gasteiger partial charge in [-0.05, 0) is 24.6 Å². The lowest BCUT2D eigenvalue weighted by atomic mass is 10.2. The summed E-state index contributed by atoms with van der Waals surface area (Å²) in [4.78, 5) is 12.2. The second-order valence-corrected chi connectivity index (χ2v) is 4.26. The normalized spacial score (nSPS) is 10.7. The molecule has 0 bridgehead atoms. The Morgan fingerprint density at radius 1 is 1.06 bits per heavy atom. The van der Waals surface area contributed by atoms with Crippen molar-refractivity contribution in [1.29, 1.82) is 0 Å². The topological polar surface area (TPSA) is 34.9 Å². The van der Waals surface area contributed by atoms with Gasteiger partial charge in [-0.3, -0.25) is 4.79 Å². The molecule has 1 aromatic heterocycles. The molecule has 3 nitrogen and oxygen atoms in total. The molecule has 3 aromatic rings. The molecule has 2 aromatic carbocycles. The molecule has 0 fully saturated rings. The van der Waals surface area contributed by atoms with Crippen LogP contribution in [-0.2, 0) is 0 Å². The molecule has 0 atom stereocenters. The van der Waals surface area contributed by atoms with Crippen LogP contribution in [0.1, 0.15) is 15.9 Å². The first kappa shape index (κ1) is 10.7. The maximum Gasteiger partial charge on any atom is 0.278 e. The van der Waals surface area contributed by atoms with Crippen LogP contribution >= 0.6 is 0 Å². The number of fused-ring (bicyclic) bond motifs is 1. The molecule has 0 saturated heterocycles. The van der Waals surface area contributed by atoms with Crippen LogP contribution in [0.3, 0.4) is 0 Å². The number of nitrogens with zero attached hydrogens (tertiary/aromatic N) is 2. The van der Waals surface area contributed by atoms with Crippen molar-refractivity contribution in [1.82, 2.24) is 9.78 Å². The fraction of sp³-hybridized carbons (Fsp3) is 0.0667. The number of hydrogen-bond donors (Lipinski definition) is 0. The fourth-order valence-electron chi connectivity index (χ4n) is 2.01. The molecule has 0 spiro atoms. The van der Waals surface area contributed by atoms with Crippen LogP contribution in [0.2, 0.25) is 0 Å². The van der Waals surface area contributed by atoms with Crippen molar-refractivity contribution in [3.63, 3.8) is 0 Å². The van der Waals surface area contributed by atoms with Crippen LogP contribution in [0, 0.1) is 6.92 Å². The maximum atomic E-state index is 12.2. The van der Waals surface area contributed by atoms with Crippen LogP contribution in [0.4, 0.5) is 0 Å². The highest BCUT2D eigenvalue weighted by atomic mass is 16.2. The van der Waals surface area contributed by atoms with E-state index in [0.29, 0.717) is 5.56 Å². The van der Waals surface area contributed by atoms with Gasteiger partial charge in [-0.2, -0.15) is 5.10 Å². The van der Waals surface area contributed by atoms with Crippen LogP contribution in [-0.4, -0.2) is 15.7 Å². The van der Waals surface area contributed by atoms with E-state index in [1.54, 1.807) is 18.3 Å². The molecular formula is C15H12N2O. The summed E-state index contributed by atoms with van der Waals surface area (Å²) in [5.41, 5.74) is 2.59. The third-order valence-electron chi connectivity index (χ3n) is 2.97. The summed E-state index contributed by atoms with van der Waals surface area (Å²) < 4.78 is 1.41. The maximum absolute atomic E-state index is 12.2. The fourth-order valence-corrected chi connectivity index (χ4v) is 2.01. The monoisotopic (exact) mass is 236 g/mol. The highest BCUT2D eigenvalue weighted by molar-refractivity contribution is 5.97. The van der Waals surface area contributed by atoms with E-state index in [9.17, 15) is 4.79 Å². The van der Waals surface area contributed by atoms with E-state index in [-0.39, 0.29) is 5.91 Å². The van der Waals surface area contributed by atoms with Gasteiger partial charge in [-0.15, -0.1) is 0 Å². The van der Waals surface area contributed by atoms with Crippen molar-refractivity contribution in [2.75, 3.05) is 0 Å². The molecule has 3 rings (SSSR count). The number of rotatable bonds is 1. The van der Waals surface area contributed by atoms with Crippen molar-refractivity contribution < 1.29 is 4.79 Å². The van der Waals surface area contributed by atoms with Crippen LogP contribution in [0.25, 0.3) is 10.9 Å². The Morgan fingerprint density at radius 3 is 2.56 bits per heavy atom. The minimum absolute atomic E-state index is 0.105. The summed E-state index contributed by atoms with van der Waals surface area (Å²) in [7, 11) is 0. The van der Waals surface area contributed by atoms with Gasteiger partial charge in [-0.25, -0.2) is 4.68 Å². The predicted octanol–water partition coefficient (Wildman–Crippen LogP) is 3.03. The molecule has 0 unspecified atom stereocenters. The number of carbonyl (C=O) groups excluding carboxylic acids is 1. The second-order valence-electron chi connectivity index (χ2n) is 4.26. The molecule has 0 N–H and O–H groups in total. The first-order chi connectivity index (χ1) is 8.75. The molecule has 3 heteroatoms. The van der Waals surface area contributed by atoms with Crippen molar-refractivity contribution in [3.05, 3.63) is 65.9 Å². The van der Waals surface area contributed by atoms with Gasteiger partial charge in [0.2, 0.25) is 0 Å². The van der Waals surface area contributed by atoms with Gasteiger partial charge >= 0.3 is 0 Å². The Hall–Kier alpha value is -2.42. The Kier molecular flexibility index (Phi) is 2.45. The van der Waals surface area contributed by atoms with Gasteiger partial charge < -0.3 is 0 Å². The highest BCUT2D eigenvalue weighted by Gasteiger charge is 2.11. The average molecular weight is 236 g/mol. The molecular weight excluding hydrogens is 224 g/mol. The van der Waals surface area contributed by atoms with Gasteiger partial charge in [0.25, 0.3) is 5.91 Å². The summed E-state index contributed by atoms with van der Waals surface area (Å²) >= 11 is 0. The third-order valence-corrected chi connectivity index (χ3v) is 2.97. The third kappa shape index (κ3) is 1.70. The number of aryl methyl sites for hydroxylation is 1. The summed E-state index contributed by atoms with van der Waals surface area (Å²) in [6.07, 6.45) is 1.78. The molecule has 0 aliphatic carbocycles. The first-order valence-electron chi connectivity index (χ1n) is 5.80. The zero-order valence-corrected chi connectivity index (χ0v) is 10.00. The lowest BCUT2D eigenvalue weighted by Gasteiger charge is -1.98. The van der Waals surface area contributed by atoms with E-state index in [1.165, 1.54) is 4.68 Å². The van der Waals surface area contributed by atoms with Gasteiger partial charge in [0.05, 0.1) is 5.52 Å². The molecule has 0 amide bonds. The van der Waals surface area contributed by atoms with E-state index in [1.807, 2.05) is 43.3 Å². The Bertz CT molecular complexity index is 714. The molecule has 1 heterocycles. The van der Waals surface area contributed by atoms with Crippen LogP contribution < -0.4 is 0 Å². The van der Waals surface area contributed by atoms with Crippen molar-refractivity contribution in [2.45, 2.75) is 6.92 Å². The van der Waals surface area contributed by atoms with Crippen molar-refractivity contribution >= 4 is 16.8 Å². The van der Waals surface area contributed by atoms with E-state index in [4.69, 9.17) is 0 Å². The van der Waals surface area contributed by atoms with Crippen molar-refractivity contribution in [3.8, 4) is 0 Å². The van der Waals surface area contributed by atoms with Crippen LogP contribution in [0.5, 0.6) is 0 Å².